The summed E-state index contributed by atoms with van der Waals surface area (Å²) >= 11 is 0. The van der Waals surface area contributed by atoms with Crippen molar-refractivity contribution in [3.63, 3.8) is 0 Å². The first-order valence-electron chi connectivity index (χ1n) is 13.0. The van der Waals surface area contributed by atoms with Crippen LogP contribution in [0.1, 0.15) is 83.6 Å². The van der Waals surface area contributed by atoms with E-state index in [2.05, 4.69) is 60.1 Å². The number of hydrogen-bond acceptors (Lipinski definition) is 3. The number of amides is 1. The van der Waals surface area contributed by atoms with E-state index in [0.29, 0.717) is 12.3 Å². The highest BCUT2D eigenvalue weighted by Gasteiger charge is 2.16. The third-order valence-electron chi connectivity index (χ3n) is 6.27. The molecule has 0 radical (unpaired) electrons. The van der Waals surface area contributed by atoms with E-state index in [4.69, 9.17) is 4.74 Å². The normalized spacial score (nSPS) is 15.1. The lowest BCUT2D eigenvalue weighted by Crippen LogP contribution is -2.39. The minimum absolute atomic E-state index is 0.331. The number of carbonyl (C=O) groups excluding carboxylic acids is 1. The number of carbonyl (C=O) groups is 1. The summed E-state index contributed by atoms with van der Waals surface area (Å²) < 4.78 is 5.47. The molecule has 0 aromatic heterocycles. The Morgan fingerprint density at radius 2 is 1.62 bits per heavy atom. The maximum Gasteiger partial charge on any atom is 0.222 e. The molecule has 0 saturated carbocycles. The highest BCUT2D eigenvalue weighted by molar-refractivity contribution is 5.76. The van der Waals surface area contributed by atoms with Crippen LogP contribution < -0.4 is 0 Å². The zero-order valence-corrected chi connectivity index (χ0v) is 20.7. The molecule has 1 aliphatic rings. The summed E-state index contributed by atoms with van der Waals surface area (Å²) in [5, 5.41) is 0. The molecule has 1 aliphatic heterocycles. The van der Waals surface area contributed by atoms with Crippen LogP contribution in [-0.4, -0.2) is 61.6 Å². The molecule has 4 heteroatoms. The molecule has 1 saturated heterocycles. The van der Waals surface area contributed by atoms with Crippen molar-refractivity contribution >= 4 is 12.0 Å². The zero-order chi connectivity index (χ0) is 22.9. The van der Waals surface area contributed by atoms with Crippen molar-refractivity contribution in [1.29, 1.82) is 0 Å². The van der Waals surface area contributed by atoms with Gasteiger partial charge in [0, 0.05) is 39.1 Å². The van der Waals surface area contributed by atoms with E-state index in [-0.39, 0.29) is 0 Å². The molecule has 4 nitrogen and oxygen atoms in total. The monoisotopic (exact) mass is 442 g/mol. The van der Waals surface area contributed by atoms with Crippen molar-refractivity contribution in [2.75, 3.05) is 45.9 Å². The van der Waals surface area contributed by atoms with Crippen LogP contribution in [0.2, 0.25) is 0 Å². The molecule has 1 amide bonds. The van der Waals surface area contributed by atoms with Gasteiger partial charge in [-0.2, -0.15) is 0 Å². The Balaban J connectivity index is 2.01. The fraction of sp³-hybridized carbons (Fsp3) is 0.679. The number of morpholine rings is 1. The fourth-order valence-electron chi connectivity index (χ4n) is 4.29. The van der Waals surface area contributed by atoms with Gasteiger partial charge in [0.15, 0.2) is 0 Å². The first kappa shape index (κ1) is 26.6. The number of rotatable bonds is 16. The summed E-state index contributed by atoms with van der Waals surface area (Å²) in [5.41, 5.74) is 2.63. The van der Waals surface area contributed by atoms with E-state index in [1.807, 2.05) is 0 Å². The number of hydrogen-bond donors (Lipinski definition) is 0. The van der Waals surface area contributed by atoms with E-state index in [9.17, 15) is 4.79 Å². The smallest absolute Gasteiger partial charge is 0.222 e. The van der Waals surface area contributed by atoms with Gasteiger partial charge in [0.05, 0.1) is 13.2 Å². The molecule has 2 rings (SSSR count). The molecule has 0 N–H and O–H groups in total. The van der Waals surface area contributed by atoms with E-state index >= 15 is 0 Å². The summed E-state index contributed by atoms with van der Waals surface area (Å²) in [6.07, 6.45) is 13.4. The van der Waals surface area contributed by atoms with Gasteiger partial charge in [-0.3, -0.25) is 9.69 Å². The maximum atomic E-state index is 13.2. The SMILES string of the molecule is CCCCCCC(=O)N(CCCN1CCOCC1)C/C(=C/c1ccccc1)CCCCC. The lowest BCUT2D eigenvalue weighted by atomic mass is 10.0. The number of benzene rings is 1. The Morgan fingerprint density at radius 1 is 0.938 bits per heavy atom. The van der Waals surface area contributed by atoms with Crippen molar-refractivity contribution in [3.05, 3.63) is 41.5 Å². The minimum atomic E-state index is 0.331. The third-order valence-corrected chi connectivity index (χ3v) is 6.27. The molecule has 0 bridgehead atoms. The Hall–Kier alpha value is -1.65. The first-order valence-corrected chi connectivity index (χ1v) is 13.0. The van der Waals surface area contributed by atoms with Crippen molar-refractivity contribution in [2.45, 2.75) is 78.1 Å². The minimum Gasteiger partial charge on any atom is -0.379 e. The summed E-state index contributed by atoms with van der Waals surface area (Å²) in [6, 6.07) is 10.6. The summed E-state index contributed by atoms with van der Waals surface area (Å²) in [5.74, 6) is 0.331. The van der Waals surface area contributed by atoms with Gasteiger partial charge in [0.2, 0.25) is 5.91 Å². The van der Waals surface area contributed by atoms with E-state index < -0.39 is 0 Å². The van der Waals surface area contributed by atoms with Gasteiger partial charge in [0.1, 0.15) is 0 Å². The van der Waals surface area contributed by atoms with Gasteiger partial charge in [0.25, 0.3) is 0 Å². The number of nitrogens with zero attached hydrogens (tertiary/aromatic N) is 2. The molecule has 0 spiro atoms. The van der Waals surface area contributed by atoms with Gasteiger partial charge in [-0.1, -0.05) is 87.9 Å². The molecule has 1 heterocycles. The van der Waals surface area contributed by atoms with Crippen LogP contribution in [0.25, 0.3) is 6.08 Å². The molecular weight excluding hydrogens is 396 g/mol. The highest BCUT2D eigenvalue weighted by atomic mass is 16.5. The molecule has 0 aliphatic carbocycles. The Bertz CT molecular complexity index is 638. The van der Waals surface area contributed by atoms with Gasteiger partial charge < -0.3 is 9.64 Å². The van der Waals surface area contributed by atoms with E-state index in [0.717, 1.165) is 71.6 Å². The molecule has 0 unspecified atom stereocenters. The van der Waals surface area contributed by atoms with Gasteiger partial charge in [-0.15, -0.1) is 0 Å². The molecule has 1 fully saturated rings. The lowest BCUT2D eigenvalue weighted by Gasteiger charge is -2.29. The Morgan fingerprint density at radius 3 is 2.34 bits per heavy atom. The number of ether oxygens (including phenoxy) is 1. The van der Waals surface area contributed by atoms with Gasteiger partial charge >= 0.3 is 0 Å². The standard InChI is InChI=1S/C28H46N2O2/c1-3-5-7-12-17-28(31)30(19-13-18-29-20-22-32-23-21-29)25-27(16-9-6-4-2)24-26-14-10-8-11-15-26/h8,10-11,14-15,24H,3-7,9,12-13,16-23,25H2,1-2H3/b27-24+. The van der Waals surface area contributed by atoms with Gasteiger partial charge in [-0.25, -0.2) is 0 Å². The van der Waals surface area contributed by atoms with Crippen molar-refractivity contribution in [3.8, 4) is 0 Å². The third kappa shape index (κ3) is 11.3. The molecule has 180 valence electrons. The predicted molar refractivity (Wildman–Crippen MR) is 136 cm³/mol. The largest absolute Gasteiger partial charge is 0.379 e. The zero-order valence-electron chi connectivity index (χ0n) is 20.7. The Kier molecular flexibility index (Phi) is 14.1. The van der Waals surface area contributed by atoms with E-state index in [1.165, 1.54) is 43.2 Å². The van der Waals surface area contributed by atoms with Gasteiger partial charge in [-0.05, 0) is 31.2 Å². The van der Waals surface area contributed by atoms with Crippen molar-refractivity contribution in [1.82, 2.24) is 9.80 Å². The predicted octanol–water partition coefficient (Wildman–Crippen LogP) is 6.17. The highest BCUT2D eigenvalue weighted by Crippen LogP contribution is 2.17. The molecule has 32 heavy (non-hydrogen) atoms. The van der Waals surface area contributed by atoms with Crippen LogP contribution in [0.5, 0.6) is 0 Å². The summed E-state index contributed by atoms with van der Waals surface area (Å²) in [4.78, 5) is 17.8. The molecule has 1 aromatic carbocycles. The van der Waals surface area contributed by atoms with Crippen molar-refractivity contribution in [2.24, 2.45) is 0 Å². The molecule has 1 aromatic rings. The average Bonchev–Trinajstić information content (AvgIpc) is 2.82. The second-order valence-electron chi connectivity index (χ2n) is 9.10. The number of unbranched alkanes of at least 4 members (excludes halogenated alkanes) is 5. The maximum absolute atomic E-state index is 13.2. The topological polar surface area (TPSA) is 32.8 Å². The van der Waals surface area contributed by atoms with E-state index in [1.54, 1.807) is 0 Å². The molecule has 0 atom stereocenters. The molecular formula is C28H46N2O2. The second kappa shape index (κ2) is 16.9. The fourth-order valence-corrected chi connectivity index (χ4v) is 4.29. The Labute approximate surface area is 197 Å². The summed E-state index contributed by atoms with van der Waals surface area (Å²) in [7, 11) is 0. The average molecular weight is 443 g/mol. The van der Waals surface area contributed by atoms with Crippen LogP contribution in [0.15, 0.2) is 35.9 Å². The van der Waals surface area contributed by atoms with Crippen LogP contribution in [-0.2, 0) is 9.53 Å². The van der Waals surface area contributed by atoms with Crippen LogP contribution >= 0.6 is 0 Å². The quantitative estimate of drug-likeness (QED) is 0.287. The van der Waals surface area contributed by atoms with Crippen LogP contribution in [0, 0.1) is 0 Å². The van der Waals surface area contributed by atoms with Crippen LogP contribution in [0.3, 0.4) is 0 Å². The van der Waals surface area contributed by atoms with Crippen molar-refractivity contribution < 1.29 is 9.53 Å². The lowest BCUT2D eigenvalue weighted by molar-refractivity contribution is -0.131. The van der Waals surface area contributed by atoms with Crippen LogP contribution in [0.4, 0.5) is 0 Å². The summed E-state index contributed by atoms with van der Waals surface area (Å²) in [6.45, 7) is 10.8. The first-order chi connectivity index (χ1) is 15.7. The second-order valence-corrected chi connectivity index (χ2v) is 9.10.